The smallest absolute Gasteiger partial charge is 0.268 e. The number of nitrogens with one attached hydrogen (secondary N) is 1. The highest BCUT2D eigenvalue weighted by Crippen LogP contribution is 2.13. The molecular formula is C15H19N3O3S. The van der Waals surface area contributed by atoms with Gasteiger partial charge in [0.1, 0.15) is 0 Å². The maximum absolute atomic E-state index is 12.2. The molecule has 2 rings (SSSR count). The lowest BCUT2D eigenvalue weighted by Gasteiger charge is -2.07. The Bertz CT molecular complexity index is 777. The first-order valence-electron chi connectivity index (χ1n) is 7.00. The lowest BCUT2D eigenvalue weighted by Crippen LogP contribution is -2.30. The molecule has 1 heterocycles. The molecule has 1 aromatic heterocycles. The third-order valence-corrected chi connectivity index (χ3v) is 4.60. The van der Waals surface area contributed by atoms with Crippen molar-refractivity contribution in [1.29, 1.82) is 0 Å². The summed E-state index contributed by atoms with van der Waals surface area (Å²) in [5.41, 5.74) is 1.79. The van der Waals surface area contributed by atoms with Crippen LogP contribution in [-0.2, 0) is 23.5 Å². The van der Waals surface area contributed by atoms with E-state index in [1.165, 1.54) is 23.0 Å². The molecule has 0 unspecified atom stereocenters. The van der Waals surface area contributed by atoms with Crippen LogP contribution in [0.5, 0.6) is 0 Å². The van der Waals surface area contributed by atoms with E-state index in [0.717, 1.165) is 18.4 Å². The number of amides is 1. The number of carbonyl (C=O) groups is 1. The van der Waals surface area contributed by atoms with Crippen LogP contribution >= 0.6 is 0 Å². The number of benzene rings is 1. The molecule has 6 nitrogen and oxygen atoms in total. The predicted molar refractivity (Wildman–Crippen MR) is 83.0 cm³/mol. The van der Waals surface area contributed by atoms with E-state index in [1.807, 2.05) is 0 Å². The molecule has 0 aliphatic heterocycles. The average Bonchev–Trinajstić information content (AvgIpc) is 2.78. The van der Waals surface area contributed by atoms with E-state index < -0.39 is 15.9 Å². The van der Waals surface area contributed by atoms with E-state index in [-0.39, 0.29) is 10.5 Å². The number of sulfonamides is 1. The number of carbonyl (C=O) groups excluding carboxylic acids is 1. The molecule has 7 heteroatoms. The summed E-state index contributed by atoms with van der Waals surface area (Å²) in [6.07, 6.45) is 3.37. The van der Waals surface area contributed by atoms with Crippen molar-refractivity contribution in [2.45, 2.75) is 31.6 Å². The fourth-order valence-electron chi connectivity index (χ4n) is 2.18. The van der Waals surface area contributed by atoms with E-state index in [0.29, 0.717) is 5.69 Å². The molecular weight excluding hydrogens is 302 g/mol. The van der Waals surface area contributed by atoms with Gasteiger partial charge in [-0.05, 0) is 31.0 Å². The molecule has 0 saturated carbocycles. The summed E-state index contributed by atoms with van der Waals surface area (Å²) in [5.74, 6) is -0.678. The summed E-state index contributed by atoms with van der Waals surface area (Å²) in [4.78, 5) is 12.2. The molecule has 1 amide bonds. The third-order valence-electron chi connectivity index (χ3n) is 3.26. The highest BCUT2D eigenvalue weighted by molar-refractivity contribution is 7.90. The van der Waals surface area contributed by atoms with Gasteiger partial charge in [0.05, 0.1) is 16.2 Å². The Morgan fingerprint density at radius 3 is 2.41 bits per heavy atom. The predicted octanol–water partition coefficient (Wildman–Crippen LogP) is 1.80. The fourth-order valence-corrected chi connectivity index (χ4v) is 3.15. The van der Waals surface area contributed by atoms with E-state index in [9.17, 15) is 13.2 Å². The van der Waals surface area contributed by atoms with Crippen molar-refractivity contribution in [3.63, 3.8) is 0 Å². The second-order valence-electron chi connectivity index (χ2n) is 5.13. The molecule has 0 aliphatic carbocycles. The van der Waals surface area contributed by atoms with E-state index >= 15 is 0 Å². The molecule has 118 valence electrons. The first kappa shape index (κ1) is 16.2. The third kappa shape index (κ3) is 3.54. The Labute approximate surface area is 130 Å². The summed E-state index contributed by atoms with van der Waals surface area (Å²) in [6, 6.07) is 6.54. The second kappa shape index (κ2) is 6.31. The van der Waals surface area contributed by atoms with Crippen molar-refractivity contribution in [3.05, 3.63) is 47.3 Å². The van der Waals surface area contributed by atoms with Crippen LogP contribution in [0.25, 0.3) is 0 Å². The Morgan fingerprint density at radius 1 is 1.27 bits per heavy atom. The van der Waals surface area contributed by atoms with Gasteiger partial charge < -0.3 is 0 Å². The van der Waals surface area contributed by atoms with Crippen molar-refractivity contribution in [2.75, 3.05) is 0 Å². The van der Waals surface area contributed by atoms with Crippen LogP contribution in [0.15, 0.2) is 35.4 Å². The van der Waals surface area contributed by atoms with Gasteiger partial charge in [-0.2, -0.15) is 5.10 Å². The average molecular weight is 321 g/mol. The van der Waals surface area contributed by atoms with Gasteiger partial charge in [0.2, 0.25) is 0 Å². The van der Waals surface area contributed by atoms with Crippen LogP contribution < -0.4 is 4.72 Å². The SMILES string of the molecule is CCCc1ccc(S(=O)(=O)NC(=O)c2cn(C)nc2C)cc1. The highest BCUT2D eigenvalue weighted by atomic mass is 32.2. The van der Waals surface area contributed by atoms with Gasteiger partial charge in [-0.1, -0.05) is 25.5 Å². The lowest BCUT2D eigenvalue weighted by molar-refractivity contribution is 0.0981. The Hall–Kier alpha value is -2.15. The van der Waals surface area contributed by atoms with Crippen LogP contribution in [0.4, 0.5) is 0 Å². The highest BCUT2D eigenvalue weighted by Gasteiger charge is 2.21. The quantitative estimate of drug-likeness (QED) is 0.910. The largest absolute Gasteiger partial charge is 0.275 e. The number of rotatable bonds is 5. The fraction of sp³-hybridized carbons (Fsp3) is 0.333. The zero-order chi connectivity index (χ0) is 16.3. The lowest BCUT2D eigenvalue weighted by atomic mass is 10.1. The molecule has 22 heavy (non-hydrogen) atoms. The molecule has 0 saturated heterocycles. The molecule has 0 radical (unpaired) electrons. The molecule has 1 N–H and O–H groups in total. The van der Waals surface area contributed by atoms with Crippen LogP contribution in [-0.4, -0.2) is 24.1 Å². The summed E-state index contributed by atoms with van der Waals surface area (Å²) >= 11 is 0. The Morgan fingerprint density at radius 2 is 1.91 bits per heavy atom. The van der Waals surface area contributed by atoms with Crippen LogP contribution in [0, 0.1) is 6.92 Å². The number of hydrogen-bond donors (Lipinski definition) is 1. The van der Waals surface area contributed by atoms with Crippen molar-refractivity contribution >= 4 is 15.9 Å². The summed E-state index contributed by atoms with van der Waals surface area (Å²) in [5, 5.41) is 4.03. The van der Waals surface area contributed by atoms with Gasteiger partial charge in [-0.15, -0.1) is 0 Å². The Balaban J connectivity index is 2.20. The van der Waals surface area contributed by atoms with Crippen molar-refractivity contribution in [3.8, 4) is 0 Å². The van der Waals surface area contributed by atoms with Crippen LogP contribution in [0.3, 0.4) is 0 Å². The minimum atomic E-state index is -3.88. The molecule has 0 aliphatic rings. The van der Waals surface area contributed by atoms with Crippen molar-refractivity contribution in [2.24, 2.45) is 7.05 Å². The molecule has 0 atom stereocenters. The first-order valence-corrected chi connectivity index (χ1v) is 8.48. The maximum atomic E-state index is 12.2. The Kier molecular flexibility index (Phi) is 4.65. The maximum Gasteiger partial charge on any atom is 0.268 e. The zero-order valence-corrected chi connectivity index (χ0v) is 13.6. The number of aromatic nitrogens is 2. The summed E-state index contributed by atoms with van der Waals surface area (Å²) in [6.45, 7) is 3.71. The second-order valence-corrected chi connectivity index (χ2v) is 6.81. The van der Waals surface area contributed by atoms with Crippen LogP contribution in [0.1, 0.15) is 35.0 Å². The standard InChI is InChI=1S/C15H19N3O3S/c1-4-5-12-6-8-13(9-7-12)22(20,21)17-15(19)14-10-18(3)16-11(14)2/h6-10H,4-5H2,1-3H3,(H,17,19). The van der Waals surface area contributed by atoms with E-state index in [4.69, 9.17) is 0 Å². The van der Waals surface area contributed by atoms with Gasteiger partial charge in [0, 0.05) is 13.2 Å². The zero-order valence-electron chi connectivity index (χ0n) is 12.8. The molecule has 2 aromatic rings. The van der Waals surface area contributed by atoms with Crippen molar-refractivity contribution < 1.29 is 13.2 Å². The van der Waals surface area contributed by atoms with Gasteiger partial charge in [0.25, 0.3) is 15.9 Å². The summed E-state index contributed by atoms with van der Waals surface area (Å²) in [7, 11) is -2.21. The number of hydrogen-bond acceptors (Lipinski definition) is 4. The minimum Gasteiger partial charge on any atom is -0.275 e. The molecule has 0 spiro atoms. The minimum absolute atomic E-state index is 0.0715. The molecule has 0 fully saturated rings. The van der Waals surface area contributed by atoms with Crippen molar-refractivity contribution in [1.82, 2.24) is 14.5 Å². The monoisotopic (exact) mass is 321 g/mol. The first-order chi connectivity index (χ1) is 10.3. The van der Waals surface area contributed by atoms with E-state index in [2.05, 4.69) is 16.7 Å². The molecule has 1 aromatic carbocycles. The van der Waals surface area contributed by atoms with Gasteiger partial charge >= 0.3 is 0 Å². The number of nitrogens with zero attached hydrogens (tertiary/aromatic N) is 2. The van der Waals surface area contributed by atoms with E-state index in [1.54, 1.807) is 26.1 Å². The topological polar surface area (TPSA) is 81.1 Å². The van der Waals surface area contributed by atoms with Gasteiger partial charge in [-0.3, -0.25) is 9.48 Å². The van der Waals surface area contributed by atoms with Gasteiger partial charge in [-0.25, -0.2) is 13.1 Å². The molecule has 0 bridgehead atoms. The normalized spacial score (nSPS) is 11.4. The summed E-state index contributed by atoms with van der Waals surface area (Å²) < 4.78 is 28.0. The number of aryl methyl sites for hydroxylation is 3. The van der Waals surface area contributed by atoms with Gasteiger partial charge in [0.15, 0.2) is 0 Å². The van der Waals surface area contributed by atoms with Crippen LogP contribution in [0.2, 0.25) is 0 Å².